The zero-order valence-electron chi connectivity index (χ0n) is 10.6. The average molecular weight is 228 g/mol. The number of phenols is 1. The van der Waals surface area contributed by atoms with Gasteiger partial charge in [0, 0.05) is 11.5 Å². The van der Waals surface area contributed by atoms with Gasteiger partial charge in [-0.25, -0.2) is 0 Å². The summed E-state index contributed by atoms with van der Waals surface area (Å²) >= 11 is 0. The van der Waals surface area contributed by atoms with Crippen molar-refractivity contribution in [1.29, 1.82) is 0 Å². The van der Waals surface area contributed by atoms with Crippen LogP contribution in [0.4, 0.5) is 0 Å². The number of phenolic OH excluding ortho intramolecular Hbond substituents is 1. The Labute approximate surface area is 103 Å². The van der Waals surface area contributed by atoms with E-state index >= 15 is 0 Å². The molecule has 0 aromatic heterocycles. The van der Waals surface area contributed by atoms with Gasteiger partial charge in [-0.05, 0) is 37.8 Å². The van der Waals surface area contributed by atoms with Gasteiger partial charge >= 0.3 is 0 Å². The molecule has 90 valence electrons. The zero-order chi connectivity index (χ0) is 12.3. The lowest BCUT2D eigenvalue weighted by atomic mass is 9.85. The van der Waals surface area contributed by atoms with E-state index in [1.165, 1.54) is 11.1 Å². The number of aromatic hydroxyl groups is 1. The van der Waals surface area contributed by atoms with Crippen molar-refractivity contribution in [2.45, 2.75) is 39.0 Å². The summed E-state index contributed by atoms with van der Waals surface area (Å²) in [5.74, 6) is 0.744. The standard InChI is InChI=1S/C16H20O/c1-3-14(13-7-5-4-6-8-13)15-11-12(2)9-10-16(15)17/h5,7-11,14,17H,3-4,6H2,1-2H3. The molecule has 1 heteroatoms. The number of benzene rings is 1. The molecule has 1 unspecified atom stereocenters. The van der Waals surface area contributed by atoms with Gasteiger partial charge in [-0.2, -0.15) is 0 Å². The first kappa shape index (κ1) is 12.0. The van der Waals surface area contributed by atoms with Crippen LogP contribution in [0.15, 0.2) is 42.0 Å². The van der Waals surface area contributed by atoms with Gasteiger partial charge in [-0.15, -0.1) is 0 Å². The molecular formula is C16H20O. The smallest absolute Gasteiger partial charge is 0.119 e. The fourth-order valence-electron chi connectivity index (χ4n) is 2.48. The van der Waals surface area contributed by atoms with Crippen LogP contribution in [0.5, 0.6) is 5.75 Å². The molecule has 0 amide bonds. The molecule has 1 aliphatic carbocycles. The monoisotopic (exact) mass is 228 g/mol. The highest BCUT2D eigenvalue weighted by atomic mass is 16.3. The Morgan fingerprint density at radius 2 is 2.12 bits per heavy atom. The number of rotatable bonds is 3. The largest absolute Gasteiger partial charge is 0.508 e. The predicted octanol–water partition coefficient (Wildman–Crippen LogP) is 4.47. The molecule has 1 atom stereocenters. The summed E-state index contributed by atoms with van der Waals surface area (Å²) in [6.07, 6.45) is 10.0. The maximum atomic E-state index is 10.0. The highest BCUT2D eigenvalue weighted by Gasteiger charge is 2.17. The molecule has 1 nitrogen and oxygen atoms in total. The summed E-state index contributed by atoms with van der Waals surface area (Å²) in [6.45, 7) is 4.25. The SMILES string of the molecule is CCC(C1=CCCC=C1)c1cc(C)ccc1O. The van der Waals surface area contributed by atoms with E-state index in [0.717, 1.165) is 24.8 Å². The molecule has 1 aromatic carbocycles. The number of aryl methyl sites for hydroxylation is 1. The molecule has 17 heavy (non-hydrogen) atoms. The number of hydrogen-bond acceptors (Lipinski definition) is 1. The van der Waals surface area contributed by atoms with Crippen molar-refractivity contribution in [3.63, 3.8) is 0 Å². The van der Waals surface area contributed by atoms with Crippen molar-refractivity contribution in [3.8, 4) is 5.75 Å². The normalized spacial score (nSPS) is 16.7. The van der Waals surface area contributed by atoms with Crippen LogP contribution in [0.3, 0.4) is 0 Å². The first-order valence-corrected chi connectivity index (χ1v) is 6.38. The van der Waals surface area contributed by atoms with E-state index < -0.39 is 0 Å². The van der Waals surface area contributed by atoms with Crippen LogP contribution in [0.1, 0.15) is 43.2 Å². The second-order valence-corrected chi connectivity index (χ2v) is 4.71. The second kappa shape index (κ2) is 5.22. The van der Waals surface area contributed by atoms with Crippen molar-refractivity contribution in [3.05, 3.63) is 53.1 Å². The minimum absolute atomic E-state index is 0.325. The molecule has 0 bridgehead atoms. The van der Waals surface area contributed by atoms with Gasteiger partial charge in [-0.1, -0.05) is 42.8 Å². The summed E-state index contributed by atoms with van der Waals surface area (Å²) in [5, 5.41) is 10.0. The molecule has 1 aromatic rings. The van der Waals surface area contributed by atoms with E-state index in [9.17, 15) is 5.11 Å². The van der Waals surface area contributed by atoms with Crippen molar-refractivity contribution in [2.24, 2.45) is 0 Å². The molecule has 1 aliphatic rings. The first-order chi connectivity index (χ1) is 8.22. The first-order valence-electron chi connectivity index (χ1n) is 6.38. The van der Waals surface area contributed by atoms with Crippen LogP contribution in [0, 0.1) is 6.92 Å². The summed E-state index contributed by atoms with van der Waals surface area (Å²) < 4.78 is 0. The van der Waals surface area contributed by atoms with Crippen LogP contribution in [0.25, 0.3) is 0 Å². The minimum atomic E-state index is 0.325. The number of allylic oxidation sites excluding steroid dienone is 4. The topological polar surface area (TPSA) is 20.2 Å². The molecular weight excluding hydrogens is 208 g/mol. The van der Waals surface area contributed by atoms with E-state index in [-0.39, 0.29) is 0 Å². The molecule has 0 radical (unpaired) electrons. The predicted molar refractivity (Wildman–Crippen MR) is 72.3 cm³/mol. The minimum Gasteiger partial charge on any atom is -0.508 e. The zero-order valence-corrected chi connectivity index (χ0v) is 10.6. The molecule has 0 fully saturated rings. The molecule has 1 N–H and O–H groups in total. The molecule has 0 aliphatic heterocycles. The van der Waals surface area contributed by atoms with Crippen LogP contribution in [-0.2, 0) is 0 Å². The lowest BCUT2D eigenvalue weighted by Gasteiger charge is -2.20. The Morgan fingerprint density at radius 3 is 2.76 bits per heavy atom. The fourth-order valence-corrected chi connectivity index (χ4v) is 2.48. The summed E-state index contributed by atoms with van der Waals surface area (Å²) in [6, 6.07) is 5.86. The lowest BCUT2D eigenvalue weighted by Crippen LogP contribution is -2.02. The van der Waals surface area contributed by atoms with E-state index in [2.05, 4.69) is 38.1 Å². The second-order valence-electron chi connectivity index (χ2n) is 4.71. The third-order valence-electron chi connectivity index (χ3n) is 3.39. The Hall–Kier alpha value is -1.50. The van der Waals surface area contributed by atoms with Crippen LogP contribution < -0.4 is 0 Å². The van der Waals surface area contributed by atoms with E-state index in [0.29, 0.717) is 11.7 Å². The summed E-state index contributed by atoms with van der Waals surface area (Å²) in [7, 11) is 0. The Bertz CT molecular complexity index is 455. The van der Waals surface area contributed by atoms with E-state index in [1.807, 2.05) is 6.07 Å². The molecule has 0 heterocycles. The van der Waals surface area contributed by atoms with Crippen molar-refractivity contribution in [1.82, 2.24) is 0 Å². The highest BCUT2D eigenvalue weighted by Crippen LogP contribution is 2.36. The fraction of sp³-hybridized carbons (Fsp3) is 0.375. The molecule has 0 saturated carbocycles. The Kier molecular flexibility index (Phi) is 3.68. The third kappa shape index (κ3) is 2.60. The number of hydrogen-bond donors (Lipinski definition) is 1. The quantitative estimate of drug-likeness (QED) is 0.809. The average Bonchev–Trinajstić information content (AvgIpc) is 2.36. The van der Waals surface area contributed by atoms with Gasteiger partial charge in [0.15, 0.2) is 0 Å². The van der Waals surface area contributed by atoms with Crippen molar-refractivity contribution in [2.75, 3.05) is 0 Å². The van der Waals surface area contributed by atoms with E-state index in [4.69, 9.17) is 0 Å². The summed E-state index contributed by atoms with van der Waals surface area (Å²) in [5.41, 5.74) is 3.61. The van der Waals surface area contributed by atoms with Gasteiger partial charge in [-0.3, -0.25) is 0 Å². The Balaban J connectivity index is 2.38. The van der Waals surface area contributed by atoms with Crippen molar-refractivity contribution < 1.29 is 5.11 Å². The summed E-state index contributed by atoms with van der Waals surface area (Å²) in [4.78, 5) is 0. The lowest BCUT2D eigenvalue weighted by molar-refractivity contribution is 0.463. The molecule has 2 rings (SSSR count). The van der Waals surface area contributed by atoms with Gasteiger partial charge in [0.05, 0.1) is 0 Å². The van der Waals surface area contributed by atoms with Crippen LogP contribution >= 0.6 is 0 Å². The maximum absolute atomic E-state index is 10.0. The van der Waals surface area contributed by atoms with Crippen LogP contribution in [-0.4, -0.2) is 5.11 Å². The van der Waals surface area contributed by atoms with Gasteiger partial charge in [0.1, 0.15) is 5.75 Å². The molecule has 0 spiro atoms. The van der Waals surface area contributed by atoms with Crippen molar-refractivity contribution >= 4 is 0 Å². The highest BCUT2D eigenvalue weighted by molar-refractivity contribution is 5.45. The van der Waals surface area contributed by atoms with Gasteiger partial charge in [0.25, 0.3) is 0 Å². The molecule has 0 saturated heterocycles. The van der Waals surface area contributed by atoms with E-state index in [1.54, 1.807) is 6.07 Å². The third-order valence-corrected chi connectivity index (χ3v) is 3.39. The Morgan fingerprint density at radius 1 is 1.29 bits per heavy atom. The van der Waals surface area contributed by atoms with Crippen LogP contribution in [0.2, 0.25) is 0 Å². The van der Waals surface area contributed by atoms with Gasteiger partial charge in [0.2, 0.25) is 0 Å². The maximum Gasteiger partial charge on any atom is 0.119 e. The van der Waals surface area contributed by atoms with Gasteiger partial charge < -0.3 is 5.11 Å².